The highest BCUT2D eigenvalue weighted by Gasteiger charge is 2.06. The number of hydrogen-bond donors (Lipinski definition) is 1. The Hall–Kier alpha value is -0.610. The molecule has 0 amide bonds. The molecule has 0 aliphatic carbocycles. The molecule has 0 bridgehead atoms. The predicted molar refractivity (Wildman–Crippen MR) is 44.2 cm³/mol. The molecule has 0 aliphatic rings. The fourth-order valence-corrected chi connectivity index (χ4v) is 0.757. The first-order valence-corrected chi connectivity index (χ1v) is 4.08. The molecule has 1 N–H and O–H groups in total. The summed E-state index contributed by atoms with van der Waals surface area (Å²) in [4.78, 5) is 10.2. The van der Waals surface area contributed by atoms with Crippen molar-refractivity contribution in [2.75, 3.05) is 19.8 Å². The van der Waals surface area contributed by atoms with Crippen molar-refractivity contribution in [3.63, 3.8) is 0 Å². The van der Waals surface area contributed by atoms with Crippen LogP contribution in [0, 0.1) is 0 Å². The molecule has 12 heavy (non-hydrogen) atoms. The molecule has 0 aromatic rings. The molecule has 1 atom stereocenters. The average molecular weight is 176 g/mol. The van der Waals surface area contributed by atoms with Crippen LogP contribution in [0.15, 0.2) is 0 Å². The van der Waals surface area contributed by atoms with Gasteiger partial charge in [0, 0.05) is 6.61 Å². The maximum atomic E-state index is 10.2. The van der Waals surface area contributed by atoms with Gasteiger partial charge in [-0.25, -0.2) is 0 Å². The second-order valence-electron chi connectivity index (χ2n) is 2.48. The minimum absolute atomic E-state index is 0.0477. The molecule has 4 nitrogen and oxygen atoms in total. The number of carboxylic acid groups (broad SMARTS) is 1. The van der Waals surface area contributed by atoms with E-state index in [-0.39, 0.29) is 12.5 Å². The van der Waals surface area contributed by atoms with Gasteiger partial charge in [0.15, 0.2) is 0 Å². The lowest BCUT2D eigenvalue weighted by Crippen LogP contribution is -2.16. The molecule has 0 saturated carbocycles. The minimum atomic E-state index is -0.834. The first-order chi connectivity index (χ1) is 5.66. The van der Waals surface area contributed by atoms with Gasteiger partial charge in [-0.15, -0.1) is 0 Å². The van der Waals surface area contributed by atoms with Gasteiger partial charge in [-0.3, -0.25) is 4.79 Å². The third-order valence-corrected chi connectivity index (χ3v) is 1.30. The zero-order valence-corrected chi connectivity index (χ0v) is 7.58. The van der Waals surface area contributed by atoms with Gasteiger partial charge in [0.2, 0.25) is 0 Å². The molecule has 0 radical (unpaired) electrons. The van der Waals surface area contributed by atoms with Gasteiger partial charge < -0.3 is 14.6 Å². The molecular weight excluding hydrogens is 160 g/mol. The summed E-state index contributed by atoms with van der Waals surface area (Å²) in [6.45, 7) is 5.29. The molecule has 0 rings (SSSR count). The van der Waals surface area contributed by atoms with Crippen LogP contribution >= 0.6 is 0 Å². The van der Waals surface area contributed by atoms with E-state index >= 15 is 0 Å². The van der Waals surface area contributed by atoms with E-state index in [9.17, 15) is 4.79 Å². The zero-order valence-electron chi connectivity index (χ0n) is 7.58. The Balaban J connectivity index is 3.19. The number of hydrogen-bond acceptors (Lipinski definition) is 3. The Morgan fingerprint density at radius 2 is 2.17 bits per heavy atom. The number of rotatable bonds is 7. The summed E-state index contributed by atoms with van der Waals surface area (Å²) in [6.07, 6.45) is -0.186. The van der Waals surface area contributed by atoms with Crippen LogP contribution in [0.3, 0.4) is 0 Å². The van der Waals surface area contributed by atoms with E-state index in [1.807, 2.05) is 6.92 Å². The fourth-order valence-electron chi connectivity index (χ4n) is 0.757. The van der Waals surface area contributed by atoms with Crippen molar-refractivity contribution >= 4 is 5.97 Å². The van der Waals surface area contributed by atoms with Gasteiger partial charge in [0.25, 0.3) is 0 Å². The van der Waals surface area contributed by atoms with E-state index in [0.717, 1.165) is 0 Å². The lowest BCUT2D eigenvalue weighted by Gasteiger charge is -2.09. The topological polar surface area (TPSA) is 55.8 Å². The molecule has 0 aliphatic heterocycles. The highest BCUT2D eigenvalue weighted by Crippen LogP contribution is 1.96. The summed E-state index contributed by atoms with van der Waals surface area (Å²) in [5, 5.41) is 8.38. The maximum Gasteiger partial charge on any atom is 0.305 e. The van der Waals surface area contributed by atoms with Gasteiger partial charge in [-0.1, -0.05) is 0 Å². The van der Waals surface area contributed by atoms with Crippen molar-refractivity contribution < 1.29 is 19.4 Å². The molecule has 0 aromatic carbocycles. The Bertz CT molecular complexity index is 124. The fraction of sp³-hybridized carbons (Fsp3) is 0.875. The molecular formula is C8H16O4. The molecule has 0 unspecified atom stereocenters. The second-order valence-corrected chi connectivity index (χ2v) is 2.48. The lowest BCUT2D eigenvalue weighted by atomic mass is 10.3. The Morgan fingerprint density at radius 3 is 2.67 bits per heavy atom. The summed E-state index contributed by atoms with van der Waals surface area (Å²) >= 11 is 0. The van der Waals surface area contributed by atoms with E-state index < -0.39 is 5.97 Å². The highest BCUT2D eigenvalue weighted by atomic mass is 16.5. The van der Waals surface area contributed by atoms with Crippen molar-refractivity contribution in [1.29, 1.82) is 0 Å². The largest absolute Gasteiger partial charge is 0.481 e. The second kappa shape index (κ2) is 7.06. The van der Waals surface area contributed by atoms with Crippen LogP contribution in [-0.4, -0.2) is 37.0 Å². The molecule has 0 spiro atoms. The summed E-state index contributed by atoms with van der Waals surface area (Å²) in [6, 6.07) is 0. The van der Waals surface area contributed by atoms with Crippen LogP contribution in [-0.2, 0) is 14.3 Å². The first-order valence-electron chi connectivity index (χ1n) is 4.08. The smallest absolute Gasteiger partial charge is 0.305 e. The number of ether oxygens (including phenoxy) is 2. The third-order valence-electron chi connectivity index (χ3n) is 1.30. The average Bonchev–Trinajstić information content (AvgIpc) is 1.97. The number of aliphatic carboxylic acids is 1. The molecule has 0 fully saturated rings. The monoisotopic (exact) mass is 176 g/mol. The van der Waals surface area contributed by atoms with Crippen molar-refractivity contribution in [2.45, 2.75) is 26.4 Å². The summed E-state index contributed by atoms with van der Waals surface area (Å²) in [7, 11) is 0. The van der Waals surface area contributed by atoms with Crippen molar-refractivity contribution in [3.05, 3.63) is 0 Å². The van der Waals surface area contributed by atoms with Crippen LogP contribution in [0.2, 0.25) is 0 Å². The van der Waals surface area contributed by atoms with Crippen LogP contribution in [0.5, 0.6) is 0 Å². The van der Waals surface area contributed by atoms with Gasteiger partial charge in [-0.05, 0) is 13.8 Å². The molecule has 0 saturated heterocycles. The maximum absolute atomic E-state index is 10.2. The quantitative estimate of drug-likeness (QED) is 0.585. The SMILES string of the molecule is CCOCCO[C@H](C)CC(=O)O. The van der Waals surface area contributed by atoms with Crippen LogP contribution in [0.1, 0.15) is 20.3 Å². The Morgan fingerprint density at radius 1 is 1.50 bits per heavy atom. The van der Waals surface area contributed by atoms with E-state index in [1.54, 1.807) is 6.92 Å². The normalized spacial score (nSPS) is 12.8. The predicted octanol–water partition coefficient (Wildman–Crippen LogP) is 0.903. The number of carboxylic acids is 1. The van der Waals surface area contributed by atoms with Gasteiger partial charge in [0.1, 0.15) is 0 Å². The van der Waals surface area contributed by atoms with Gasteiger partial charge in [-0.2, -0.15) is 0 Å². The van der Waals surface area contributed by atoms with E-state index in [1.165, 1.54) is 0 Å². The van der Waals surface area contributed by atoms with E-state index in [0.29, 0.717) is 19.8 Å². The van der Waals surface area contributed by atoms with Crippen molar-refractivity contribution in [1.82, 2.24) is 0 Å². The first kappa shape index (κ1) is 11.4. The highest BCUT2D eigenvalue weighted by molar-refractivity contribution is 5.67. The van der Waals surface area contributed by atoms with E-state index in [2.05, 4.69) is 0 Å². The van der Waals surface area contributed by atoms with Crippen molar-refractivity contribution in [2.24, 2.45) is 0 Å². The molecule has 4 heteroatoms. The van der Waals surface area contributed by atoms with Crippen LogP contribution in [0.25, 0.3) is 0 Å². The Labute approximate surface area is 72.5 Å². The Kier molecular flexibility index (Phi) is 6.70. The van der Waals surface area contributed by atoms with Gasteiger partial charge >= 0.3 is 5.97 Å². The standard InChI is InChI=1S/C8H16O4/c1-3-11-4-5-12-7(2)6-8(9)10/h7H,3-6H2,1-2H3,(H,9,10)/t7-/m1/s1. The molecule has 0 aromatic heterocycles. The molecule has 72 valence electrons. The lowest BCUT2D eigenvalue weighted by molar-refractivity contribution is -0.140. The molecule has 0 heterocycles. The van der Waals surface area contributed by atoms with Gasteiger partial charge in [0.05, 0.1) is 25.7 Å². The van der Waals surface area contributed by atoms with E-state index in [4.69, 9.17) is 14.6 Å². The summed E-state index contributed by atoms with van der Waals surface area (Å²) in [5.41, 5.74) is 0. The number of carbonyl (C=O) groups is 1. The zero-order chi connectivity index (χ0) is 9.40. The van der Waals surface area contributed by atoms with Crippen molar-refractivity contribution in [3.8, 4) is 0 Å². The summed E-state index contributed by atoms with van der Waals surface area (Å²) in [5.74, 6) is -0.834. The minimum Gasteiger partial charge on any atom is -0.481 e. The summed E-state index contributed by atoms with van der Waals surface area (Å²) < 4.78 is 10.2. The van der Waals surface area contributed by atoms with Crippen LogP contribution < -0.4 is 0 Å². The third kappa shape index (κ3) is 7.50. The van der Waals surface area contributed by atoms with Crippen LogP contribution in [0.4, 0.5) is 0 Å².